The van der Waals surface area contributed by atoms with Gasteiger partial charge in [-0.25, -0.2) is 0 Å². The van der Waals surface area contributed by atoms with Crippen LogP contribution in [0.3, 0.4) is 0 Å². The van der Waals surface area contributed by atoms with Gasteiger partial charge in [0.1, 0.15) is 0 Å². The fourth-order valence-electron chi connectivity index (χ4n) is 1.56. The number of nitrogens with two attached hydrogens (primary N) is 1. The number of anilines is 2. The molecule has 0 saturated heterocycles. The van der Waals surface area contributed by atoms with Crippen LogP contribution >= 0.6 is 23.2 Å². The van der Waals surface area contributed by atoms with E-state index in [-0.39, 0.29) is 17.7 Å². The summed E-state index contributed by atoms with van der Waals surface area (Å²) in [5.41, 5.74) is 6.67. The van der Waals surface area contributed by atoms with Crippen molar-refractivity contribution in [3.63, 3.8) is 0 Å². The Morgan fingerprint density at radius 1 is 1.24 bits per heavy atom. The number of nitrogen functional groups attached to an aromatic ring is 1. The number of hydrogen-bond acceptors (Lipinski definition) is 3. The van der Waals surface area contributed by atoms with Crippen molar-refractivity contribution >= 4 is 40.5 Å². The van der Waals surface area contributed by atoms with E-state index < -0.39 is 0 Å². The number of carbonyl (C=O) groups excluding carboxylic acids is 1. The average molecular weight is 333 g/mol. The van der Waals surface area contributed by atoms with Gasteiger partial charge in [-0.05, 0) is 24.0 Å². The van der Waals surface area contributed by atoms with Gasteiger partial charge in [0.05, 0.1) is 28.8 Å². The van der Waals surface area contributed by atoms with Crippen molar-refractivity contribution in [2.24, 2.45) is 5.41 Å². The van der Waals surface area contributed by atoms with E-state index in [1.165, 1.54) is 0 Å². The molecule has 1 aromatic rings. The molecule has 1 amide bonds. The quantitative estimate of drug-likeness (QED) is 0.601. The van der Waals surface area contributed by atoms with Crippen LogP contribution in [0.1, 0.15) is 33.6 Å². The second kappa shape index (κ2) is 7.87. The van der Waals surface area contributed by atoms with Crippen molar-refractivity contribution in [3.05, 3.63) is 22.2 Å². The van der Waals surface area contributed by atoms with Gasteiger partial charge in [-0.1, -0.05) is 44.0 Å². The number of rotatable bonds is 6. The predicted molar refractivity (Wildman–Crippen MR) is 89.0 cm³/mol. The van der Waals surface area contributed by atoms with Crippen LogP contribution < -0.4 is 11.1 Å². The van der Waals surface area contributed by atoms with E-state index in [0.717, 1.165) is 6.42 Å². The molecule has 0 saturated carbocycles. The van der Waals surface area contributed by atoms with Gasteiger partial charge in [-0.15, -0.1) is 0 Å². The molecule has 21 heavy (non-hydrogen) atoms. The molecule has 0 aliphatic rings. The summed E-state index contributed by atoms with van der Waals surface area (Å²) in [6.45, 7) is 7.45. The first-order valence-corrected chi connectivity index (χ1v) is 7.57. The average Bonchev–Trinajstić information content (AvgIpc) is 2.32. The third-order valence-corrected chi connectivity index (χ3v) is 3.39. The zero-order chi connectivity index (χ0) is 16.0. The Bertz CT molecular complexity index is 476. The Labute approximate surface area is 135 Å². The van der Waals surface area contributed by atoms with Crippen molar-refractivity contribution in [2.45, 2.75) is 33.6 Å². The SMILES string of the molecule is CC(C)(C)CCOCCC(=O)Nc1c(Cl)cc(N)cc1Cl. The molecule has 1 aromatic carbocycles. The summed E-state index contributed by atoms with van der Waals surface area (Å²) in [6, 6.07) is 3.09. The Balaban J connectivity index is 2.38. The molecule has 0 unspecified atom stereocenters. The van der Waals surface area contributed by atoms with Crippen LogP contribution in [-0.2, 0) is 9.53 Å². The maximum atomic E-state index is 11.8. The van der Waals surface area contributed by atoms with Crippen LogP contribution in [0.5, 0.6) is 0 Å². The van der Waals surface area contributed by atoms with Crippen molar-refractivity contribution in [1.82, 2.24) is 0 Å². The van der Waals surface area contributed by atoms with Crippen molar-refractivity contribution in [1.29, 1.82) is 0 Å². The Kier molecular flexibility index (Phi) is 6.78. The molecule has 0 aromatic heterocycles. The number of amides is 1. The van der Waals surface area contributed by atoms with Gasteiger partial charge >= 0.3 is 0 Å². The van der Waals surface area contributed by atoms with Crippen LogP contribution in [0.25, 0.3) is 0 Å². The molecule has 0 atom stereocenters. The van der Waals surface area contributed by atoms with Gasteiger partial charge in [0, 0.05) is 12.3 Å². The first-order chi connectivity index (χ1) is 9.69. The molecule has 3 N–H and O–H groups in total. The lowest BCUT2D eigenvalue weighted by atomic mass is 9.93. The maximum absolute atomic E-state index is 11.8. The predicted octanol–water partition coefficient (Wildman–Crippen LogP) is 4.36. The van der Waals surface area contributed by atoms with Gasteiger partial charge in [-0.3, -0.25) is 4.79 Å². The van der Waals surface area contributed by atoms with Gasteiger partial charge in [-0.2, -0.15) is 0 Å². The fraction of sp³-hybridized carbons (Fsp3) is 0.533. The zero-order valence-corrected chi connectivity index (χ0v) is 14.1. The number of hydrogen-bond donors (Lipinski definition) is 2. The topological polar surface area (TPSA) is 64.3 Å². The van der Waals surface area contributed by atoms with Crippen molar-refractivity contribution < 1.29 is 9.53 Å². The van der Waals surface area contributed by atoms with Crippen LogP contribution in [0.15, 0.2) is 12.1 Å². The number of benzene rings is 1. The summed E-state index contributed by atoms with van der Waals surface area (Å²) in [5.74, 6) is -0.195. The van der Waals surface area contributed by atoms with E-state index >= 15 is 0 Å². The van der Waals surface area contributed by atoms with E-state index in [9.17, 15) is 4.79 Å². The first-order valence-electron chi connectivity index (χ1n) is 6.81. The highest BCUT2D eigenvalue weighted by Gasteiger charge is 2.12. The molecule has 0 aliphatic carbocycles. The summed E-state index contributed by atoms with van der Waals surface area (Å²) in [5, 5.41) is 3.32. The molecule has 0 aliphatic heterocycles. The number of carbonyl (C=O) groups is 1. The Morgan fingerprint density at radius 2 is 1.81 bits per heavy atom. The third kappa shape index (κ3) is 7.02. The smallest absolute Gasteiger partial charge is 0.226 e. The third-order valence-electron chi connectivity index (χ3n) is 2.80. The van der Waals surface area contributed by atoms with E-state index in [2.05, 4.69) is 26.1 Å². The molecular formula is C15H22Cl2N2O2. The summed E-state index contributed by atoms with van der Waals surface area (Å²) in [4.78, 5) is 11.8. The van der Waals surface area contributed by atoms with Crippen LogP contribution in [0.4, 0.5) is 11.4 Å². The highest BCUT2D eigenvalue weighted by Crippen LogP contribution is 2.32. The summed E-state index contributed by atoms with van der Waals surface area (Å²) < 4.78 is 5.45. The monoisotopic (exact) mass is 332 g/mol. The largest absolute Gasteiger partial charge is 0.399 e. The molecule has 0 heterocycles. The lowest BCUT2D eigenvalue weighted by Crippen LogP contribution is -2.16. The highest BCUT2D eigenvalue weighted by atomic mass is 35.5. The van der Waals surface area contributed by atoms with E-state index in [1.807, 2.05) is 0 Å². The molecule has 1 rings (SSSR count). The van der Waals surface area contributed by atoms with Crippen LogP contribution in [0.2, 0.25) is 10.0 Å². The Morgan fingerprint density at radius 3 is 2.33 bits per heavy atom. The second-order valence-electron chi connectivity index (χ2n) is 6.08. The molecule has 6 heteroatoms. The number of halogens is 2. The lowest BCUT2D eigenvalue weighted by Gasteiger charge is -2.17. The van der Waals surface area contributed by atoms with Gasteiger partial charge in [0.15, 0.2) is 0 Å². The maximum Gasteiger partial charge on any atom is 0.226 e. The van der Waals surface area contributed by atoms with E-state index in [1.54, 1.807) is 12.1 Å². The lowest BCUT2D eigenvalue weighted by molar-refractivity contribution is -0.117. The summed E-state index contributed by atoms with van der Waals surface area (Å²) in [6.07, 6.45) is 1.20. The molecule has 0 spiro atoms. The summed E-state index contributed by atoms with van der Waals surface area (Å²) in [7, 11) is 0. The normalized spacial score (nSPS) is 11.5. The molecular weight excluding hydrogens is 311 g/mol. The molecule has 0 radical (unpaired) electrons. The Hall–Kier alpha value is -0.970. The molecule has 118 valence electrons. The highest BCUT2D eigenvalue weighted by molar-refractivity contribution is 6.40. The first kappa shape index (κ1) is 18.1. The van der Waals surface area contributed by atoms with Crippen LogP contribution in [-0.4, -0.2) is 19.1 Å². The minimum Gasteiger partial charge on any atom is -0.399 e. The zero-order valence-electron chi connectivity index (χ0n) is 12.6. The van der Waals surface area contributed by atoms with E-state index in [0.29, 0.717) is 34.6 Å². The van der Waals surface area contributed by atoms with Crippen molar-refractivity contribution in [3.8, 4) is 0 Å². The standard InChI is InChI=1S/C15H22Cl2N2O2/c1-15(2,3)5-7-21-6-4-13(20)19-14-11(16)8-10(18)9-12(14)17/h8-9H,4-7,18H2,1-3H3,(H,19,20). The molecule has 4 nitrogen and oxygen atoms in total. The second-order valence-corrected chi connectivity index (χ2v) is 6.90. The molecule has 0 fully saturated rings. The molecule has 0 bridgehead atoms. The number of nitrogens with one attached hydrogen (secondary N) is 1. The minimum absolute atomic E-state index is 0.195. The van der Waals surface area contributed by atoms with Crippen molar-refractivity contribution in [2.75, 3.05) is 24.3 Å². The fourth-order valence-corrected chi connectivity index (χ4v) is 2.16. The van der Waals surface area contributed by atoms with E-state index in [4.69, 9.17) is 33.7 Å². The van der Waals surface area contributed by atoms with Gasteiger partial charge < -0.3 is 15.8 Å². The van der Waals surface area contributed by atoms with Gasteiger partial charge in [0.2, 0.25) is 5.91 Å². The van der Waals surface area contributed by atoms with Crippen LogP contribution in [0, 0.1) is 5.41 Å². The number of ether oxygens (including phenoxy) is 1. The minimum atomic E-state index is -0.195. The van der Waals surface area contributed by atoms with Gasteiger partial charge in [0.25, 0.3) is 0 Å². The summed E-state index contributed by atoms with van der Waals surface area (Å²) >= 11 is 12.0.